The fourth-order valence-electron chi connectivity index (χ4n) is 1.84. The molecule has 0 heterocycles. The maximum absolute atomic E-state index is 12.2. The van der Waals surface area contributed by atoms with Crippen molar-refractivity contribution in [2.45, 2.75) is 19.4 Å². The van der Waals surface area contributed by atoms with E-state index in [0.29, 0.717) is 10.8 Å². The second-order valence-corrected chi connectivity index (χ2v) is 5.99. The monoisotopic (exact) mass is 342 g/mol. The van der Waals surface area contributed by atoms with E-state index in [-0.39, 0.29) is 5.91 Å². The summed E-state index contributed by atoms with van der Waals surface area (Å²) in [4.78, 5) is 12.2. The molecular formula is C19H19ClN2O2. The molecular weight excluding hydrogens is 324 g/mol. The molecule has 0 aliphatic rings. The number of rotatable bonds is 6. The summed E-state index contributed by atoms with van der Waals surface area (Å²) in [5.74, 6) is 0.217. The summed E-state index contributed by atoms with van der Waals surface area (Å²) in [7, 11) is 0. The lowest BCUT2D eigenvalue weighted by atomic mass is 10.1. The van der Waals surface area contributed by atoms with Gasteiger partial charge in [-0.2, -0.15) is 5.10 Å². The molecule has 24 heavy (non-hydrogen) atoms. The first-order chi connectivity index (χ1) is 11.5. The van der Waals surface area contributed by atoms with Crippen LogP contribution in [0.2, 0.25) is 5.02 Å². The van der Waals surface area contributed by atoms with Crippen molar-refractivity contribution in [1.29, 1.82) is 0 Å². The molecule has 1 N–H and O–H groups in total. The van der Waals surface area contributed by atoms with Gasteiger partial charge in [-0.05, 0) is 49.8 Å². The Morgan fingerprint density at radius 1 is 1.12 bits per heavy atom. The van der Waals surface area contributed by atoms with Crippen LogP contribution in [-0.4, -0.2) is 17.7 Å². The Morgan fingerprint density at radius 3 is 2.46 bits per heavy atom. The van der Waals surface area contributed by atoms with E-state index >= 15 is 0 Å². The molecule has 1 amide bonds. The van der Waals surface area contributed by atoms with E-state index in [1.807, 2.05) is 36.4 Å². The first-order valence-electron chi connectivity index (χ1n) is 7.47. The van der Waals surface area contributed by atoms with E-state index < -0.39 is 5.60 Å². The summed E-state index contributed by atoms with van der Waals surface area (Å²) >= 11 is 5.83. The third-order valence-corrected chi connectivity index (χ3v) is 3.40. The largest absolute Gasteiger partial charge is 0.478 e. The number of hydrogen-bond acceptors (Lipinski definition) is 3. The summed E-state index contributed by atoms with van der Waals surface area (Å²) in [5, 5.41) is 4.51. The van der Waals surface area contributed by atoms with E-state index in [0.717, 1.165) is 5.56 Å². The van der Waals surface area contributed by atoms with Crippen molar-refractivity contribution < 1.29 is 9.53 Å². The number of hydrazone groups is 1. The predicted octanol–water partition coefficient (Wildman–Crippen LogP) is 4.31. The van der Waals surface area contributed by atoms with Crippen molar-refractivity contribution >= 4 is 29.8 Å². The summed E-state index contributed by atoms with van der Waals surface area (Å²) in [6.07, 6.45) is 5.16. The van der Waals surface area contributed by atoms with Crippen LogP contribution in [0.1, 0.15) is 19.4 Å². The number of benzene rings is 2. The normalized spacial score (nSPS) is 11.8. The van der Waals surface area contributed by atoms with Gasteiger partial charge in [-0.1, -0.05) is 48.0 Å². The van der Waals surface area contributed by atoms with Gasteiger partial charge in [-0.25, -0.2) is 5.43 Å². The highest BCUT2D eigenvalue weighted by Gasteiger charge is 2.29. The molecule has 0 unspecified atom stereocenters. The number of carbonyl (C=O) groups is 1. The molecule has 2 rings (SSSR count). The zero-order valence-corrected chi connectivity index (χ0v) is 14.3. The van der Waals surface area contributed by atoms with Crippen molar-refractivity contribution in [2.24, 2.45) is 5.10 Å². The minimum absolute atomic E-state index is 0.346. The van der Waals surface area contributed by atoms with E-state index in [1.165, 1.54) is 6.21 Å². The number of hydrogen-bond donors (Lipinski definition) is 1. The molecule has 0 saturated carbocycles. The highest BCUT2D eigenvalue weighted by molar-refractivity contribution is 6.30. The predicted molar refractivity (Wildman–Crippen MR) is 98.3 cm³/mol. The quantitative estimate of drug-likeness (QED) is 0.628. The Labute approximate surface area is 146 Å². The molecule has 0 aliphatic carbocycles. The number of ether oxygens (including phenoxy) is 1. The molecule has 0 fully saturated rings. The molecule has 124 valence electrons. The van der Waals surface area contributed by atoms with Crippen molar-refractivity contribution in [2.75, 3.05) is 0 Å². The molecule has 0 spiro atoms. The lowest BCUT2D eigenvalue weighted by Crippen LogP contribution is -2.44. The van der Waals surface area contributed by atoms with Crippen LogP contribution in [0, 0.1) is 0 Å². The lowest BCUT2D eigenvalue weighted by molar-refractivity contribution is -0.134. The van der Waals surface area contributed by atoms with Crippen molar-refractivity contribution in [3.8, 4) is 5.75 Å². The minimum Gasteiger partial charge on any atom is -0.478 e. The molecule has 0 saturated heterocycles. The Kier molecular flexibility index (Phi) is 6.15. The van der Waals surface area contributed by atoms with Gasteiger partial charge in [0.05, 0.1) is 0 Å². The first kappa shape index (κ1) is 17.8. The topological polar surface area (TPSA) is 50.7 Å². The molecule has 0 bridgehead atoms. The Hall–Kier alpha value is -2.59. The second kappa shape index (κ2) is 8.31. The van der Waals surface area contributed by atoms with Gasteiger partial charge < -0.3 is 4.74 Å². The number of halogens is 1. The number of amides is 1. The highest BCUT2D eigenvalue weighted by atomic mass is 35.5. The molecule has 0 atom stereocenters. The molecule has 2 aromatic carbocycles. The molecule has 0 radical (unpaired) electrons. The van der Waals surface area contributed by atoms with Crippen LogP contribution < -0.4 is 10.2 Å². The van der Waals surface area contributed by atoms with Crippen molar-refractivity contribution in [3.63, 3.8) is 0 Å². The molecule has 4 nitrogen and oxygen atoms in total. The highest BCUT2D eigenvalue weighted by Crippen LogP contribution is 2.20. The Morgan fingerprint density at radius 2 is 1.79 bits per heavy atom. The fraction of sp³-hybridized carbons (Fsp3) is 0.158. The van der Waals surface area contributed by atoms with Crippen LogP contribution in [0.4, 0.5) is 0 Å². The van der Waals surface area contributed by atoms with Gasteiger partial charge >= 0.3 is 0 Å². The average molecular weight is 343 g/mol. The number of nitrogens with one attached hydrogen (secondary N) is 1. The van der Waals surface area contributed by atoms with Crippen molar-refractivity contribution in [3.05, 3.63) is 71.3 Å². The summed E-state index contributed by atoms with van der Waals surface area (Å²) in [6.45, 7) is 3.35. The van der Waals surface area contributed by atoms with Gasteiger partial charge in [0.15, 0.2) is 5.60 Å². The second-order valence-electron chi connectivity index (χ2n) is 5.56. The van der Waals surface area contributed by atoms with Gasteiger partial charge in [0.25, 0.3) is 5.91 Å². The van der Waals surface area contributed by atoms with Gasteiger partial charge in [0.2, 0.25) is 0 Å². The van der Waals surface area contributed by atoms with Crippen LogP contribution in [-0.2, 0) is 4.79 Å². The Balaban J connectivity index is 1.87. The molecule has 0 aromatic heterocycles. The van der Waals surface area contributed by atoms with E-state index in [9.17, 15) is 4.79 Å². The van der Waals surface area contributed by atoms with Crippen molar-refractivity contribution in [1.82, 2.24) is 5.43 Å². The molecule has 2 aromatic rings. The lowest BCUT2D eigenvalue weighted by Gasteiger charge is -2.24. The molecule has 0 aliphatic heterocycles. The molecule has 5 heteroatoms. The van der Waals surface area contributed by atoms with E-state index in [1.54, 1.807) is 44.2 Å². The minimum atomic E-state index is -1.06. The van der Waals surface area contributed by atoms with Crippen LogP contribution in [0.25, 0.3) is 6.08 Å². The maximum atomic E-state index is 12.2. The summed E-state index contributed by atoms with van der Waals surface area (Å²) < 4.78 is 5.68. The van der Waals surface area contributed by atoms with Crippen LogP contribution in [0.5, 0.6) is 5.75 Å². The summed E-state index contributed by atoms with van der Waals surface area (Å²) in [6, 6.07) is 16.7. The Bertz CT molecular complexity index is 723. The van der Waals surface area contributed by atoms with Crippen LogP contribution >= 0.6 is 11.6 Å². The number of nitrogens with zero attached hydrogens (tertiary/aromatic N) is 1. The van der Waals surface area contributed by atoms with Crippen LogP contribution in [0.15, 0.2) is 65.8 Å². The maximum Gasteiger partial charge on any atom is 0.283 e. The van der Waals surface area contributed by atoms with Gasteiger partial charge in [-0.15, -0.1) is 0 Å². The van der Waals surface area contributed by atoms with Gasteiger partial charge in [-0.3, -0.25) is 4.79 Å². The van der Waals surface area contributed by atoms with E-state index in [2.05, 4.69) is 10.5 Å². The average Bonchev–Trinajstić information content (AvgIpc) is 2.57. The SMILES string of the molecule is CC(C)(Oc1ccc(Cl)cc1)C(=O)N/N=C/C=C/c1ccccc1. The number of allylic oxidation sites excluding steroid dienone is 1. The van der Waals surface area contributed by atoms with E-state index in [4.69, 9.17) is 16.3 Å². The third kappa shape index (κ3) is 5.56. The fourth-order valence-corrected chi connectivity index (χ4v) is 1.96. The van der Waals surface area contributed by atoms with Crippen LogP contribution in [0.3, 0.4) is 0 Å². The standard InChI is InChI=1S/C19H19ClN2O2/c1-19(2,24-17-12-10-16(20)11-13-17)18(23)22-21-14-6-9-15-7-4-3-5-8-15/h3-14H,1-2H3,(H,22,23)/b9-6+,21-14+. The van der Waals surface area contributed by atoms with Gasteiger partial charge in [0.1, 0.15) is 5.75 Å². The number of carbonyl (C=O) groups excluding carboxylic acids is 1. The van der Waals surface area contributed by atoms with Gasteiger partial charge in [0, 0.05) is 11.2 Å². The zero-order chi connectivity index (χ0) is 17.4. The third-order valence-electron chi connectivity index (χ3n) is 3.15. The smallest absolute Gasteiger partial charge is 0.283 e. The summed E-state index contributed by atoms with van der Waals surface area (Å²) in [5.41, 5.74) is 2.46. The first-order valence-corrected chi connectivity index (χ1v) is 7.85. The zero-order valence-electron chi connectivity index (χ0n) is 13.6.